The Labute approximate surface area is 184 Å². The van der Waals surface area contributed by atoms with E-state index in [1.807, 2.05) is 18.3 Å². The summed E-state index contributed by atoms with van der Waals surface area (Å²) in [4.78, 5) is 4.58. The fraction of sp³-hybridized carbons (Fsp3) is 0.593. The van der Waals surface area contributed by atoms with E-state index >= 15 is 0 Å². The molecule has 0 radical (unpaired) electrons. The summed E-state index contributed by atoms with van der Waals surface area (Å²) in [5.41, 5.74) is 3.59. The lowest BCUT2D eigenvalue weighted by atomic mass is 10.0. The minimum Gasteiger partial charge on any atom is -0.492 e. The van der Waals surface area contributed by atoms with Crippen molar-refractivity contribution in [3.8, 4) is 17.0 Å². The Morgan fingerprint density at radius 1 is 0.667 bits per heavy atom. The van der Waals surface area contributed by atoms with E-state index in [4.69, 9.17) is 9.47 Å². The van der Waals surface area contributed by atoms with Gasteiger partial charge in [-0.15, -0.1) is 0 Å². The van der Waals surface area contributed by atoms with Crippen LogP contribution in [0.2, 0.25) is 0 Å². The highest BCUT2D eigenvalue weighted by Crippen LogP contribution is 2.21. The minimum atomic E-state index is 0.714. The Hall–Kier alpha value is -1.87. The van der Waals surface area contributed by atoms with E-state index in [0.717, 1.165) is 49.5 Å². The van der Waals surface area contributed by atoms with Gasteiger partial charge in [-0.05, 0) is 49.8 Å². The van der Waals surface area contributed by atoms with Gasteiger partial charge in [-0.3, -0.25) is 4.98 Å². The van der Waals surface area contributed by atoms with Gasteiger partial charge in [0, 0.05) is 18.8 Å². The zero-order valence-electron chi connectivity index (χ0n) is 19.2. The van der Waals surface area contributed by atoms with Gasteiger partial charge in [-0.2, -0.15) is 0 Å². The Bertz CT molecular complexity index is 652. The van der Waals surface area contributed by atoms with E-state index in [9.17, 15) is 0 Å². The van der Waals surface area contributed by atoms with Crippen LogP contribution in [0.3, 0.4) is 0 Å². The van der Waals surface area contributed by atoms with Gasteiger partial charge in [0.1, 0.15) is 5.75 Å². The van der Waals surface area contributed by atoms with Crippen LogP contribution in [0.1, 0.15) is 83.6 Å². The van der Waals surface area contributed by atoms with E-state index < -0.39 is 0 Å². The molecule has 1 heterocycles. The maximum Gasteiger partial charge on any atom is 0.137 e. The first-order chi connectivity index (χ1) is 14.8. The van der Waals surface area contributed by atoms with Crippen molar-refractivity contribution in [3.63, 3.8) is 0 Å². The fourth-order valence-corrected chi connectivity index (χ4v) is 3.43. The van der Waals surface area contributed by atoms with Crippen molar-refractivity contribution in [2.24, 2.45) is 0 Å². The number of ether oxygens (including phenoxy) is 2. The van der Waals surface area contributed by atoms with Gasteiger partial charge < -0.3 is 9.47 Å². The van der Waals surface area contributed by atoms with Crippen molar-refractivity contribution < 1.29 is 9.47 Å². The van der Waals surface area contributed by atoms with Crippen LogP contribution >= 0.6 is 0 Å². The van der Waals surface area contributed by atoms with Crippen molar-refractivity contribution in [1.82, 2.24) is 4.98 Å². The zero-order valence-corrected chi connectivity index (χ0v) is 19.2. The summed E-state index contributed by atoms with van der Waals surface area (Å²) in [6.07, 6.45) is 15.5. The number of unbranched alkanes of at least 4 members (excludes halogenated alkanes) is 7. The number of rotatable bonds is 17. The van der Waals surface area contributed by atoms with E-state index in [0.29, 0.717) is 6.61 Å². The lowest BCUT2D eigenvalue weighted by Crippen LogP contribution is -2.02. The molecule has 0 amide bonds. The molecule has 3 nitrogen and oxygen atoms in total. The summed E-state index contributed by atoms with van der Waals surface area (Å²) in [5, 5.41) is 0. The molecule has 0 bridgehead atoms. The smallest absolute Gasteiger partial charge is 0.137 e. The second-order valence-corrected chi connectivity index (χ2v) is 8.12. The van der Waals surface area contributed by atoms with Crippen LogP contribution < -0.4 is 4.74 Å². The van der Waals surface area contributed by atoms with Crippen molar-refractivity contribution in [1.29, 1.82) is 0 Å². The third-order valence-electron chi connectivity index (χ3n) is 5.40. The molecule has 166 valence electrons. The fourth-order valence-electron chi connectivity index (χ4n) is 3.43. The molecule has 2 rings (SSSR count). The van der Waals surface area contributed by atoms with E-state index in [1.54, 1.807) is 0 Å². The predicted octanol–water partition coefficient (Wildman–Crippen LogP) is 7.63. The summed E-state index contributed by atoms with van der Waals surface area (Å²) in [6.45, 7) is 6.87. The highest BCUT2D eigenvalue weighted by molar-refractivity contribution is 5.59. The molecule has 0 unspecified atom stereocenters. The number of aromatic nitrogens is 1. The Morgan fingerprint density at radius 3 is 2.10 bits per heavy atom. The van der Waals surface area contributed by atoms with Crippen LogP contribution in [0.25, 0.3) is 11.3 Å². The third kappa shape index (κ3) is 10.2. The van der Waals surface area contributed by atoms with Crippen molar-refractivity contribution in [2.45, 2.75) is 84.5 Å². The second kappa shape index (κ2) is 15.9. The minimum absolute atomic E-state index is 0.714. The Kier molecular flexibility index (Phi) is 12.9. The molecule has 1 aromatic heterocycles. The Balaban J connectivity index is 1.65. The lowest BCUT2D eigenvalue weighted by Gasteiger charge is -2.08. The number of aryl methyl sites for hydroxylation is 1. The quantitative estimate of drug-likeness (QED) is 0.251. The summed E-state index contributed by atoms with van der Waals surface area (Å²) in [7, 11) is 0. The lowest BCUT2D eigenvalue weighted by molar-refractivity contribution is 0.123. The molecule has 2 aromatic rings. The number of benzene rings is 1. The highest BCUT2D eigenvalue weighted by Gasteiger charge is 2.02. The largest absolute Gasteiger partial charge is 0.492 e. The summed E-state index contributed by atoms with van der Waals surface area (Å²) < 4.78 is 11.4. The molecule has 0 saturated carbocycles. The third-order valence-corrected chi connectivity index (χ3v) is 5.40. The maximum absolute atomic E-state index is 5.80. The van der Waals surface area contributed by atoms with Crippen LogP contribution in [0, 0.1) is 0 Å². The van der Waals surface area contributed by atoms with E-state index in [1.165, 1.54) is 56.9 Å². The molecule has 0 saturated heterocycles. The van der Waals surface area contributed by atoms with Crippen molar-refractivity contribution in [3.05, 3.63) is 48.2 Å². The average molecular weight is 412 g/mol. The van der Waals surface area contributed by atoms with Crippen molar-refractivity contribution >= 4 is 0 Å². The van der Waals surface area contributed by atoms with Gasteiger partial charge in [0.15, 0.2) is 0 Å². The van der Waals surface area contributed by atoms with Gasteiger partial charge in [0.05, 0.1) is 18.5 Å². The first kappa shape index (κ1) is 24.4. The predicted molar refractivity (Wildman–Crippen MR) is 127 cm³/mol. The highest BCUT2D eigenvalue weighted by atomic mass is 16.5. The SMILES string of the molecule is CCCCCCCCc1ccc(-c2ccc(OCCCCOCCCC)cn2)cc1. The van der Waals surface area contributed by atoms with Crippen LogP contribution in [-0.4, -0.2) is 24.8 Å². The molecule has 0 atom stereocenters. The standard InChI is InChI=1S/C27H41NO2/c1-3-5-7-8-9-10-13-24-14-16-25(17-15-24)27-19-18-26(23-28-27)30-22-12-11-21-29-20-6-4-2/h14-19,23H,3-13,20-22H2,1-2H3. The number of pyridine rings is 1. The molecule has 30 heavy (non-hydrogen) atoms. The van der Waals surface area contributed by atoms with E-state index in [2.05, 4.69) is 43.1 Å². The molecule has 0 spiro atoms. The van der Waals surface area contributed by atoms with Gasteiger partial charge in [0.25, 0.3) is 0 Å². The first-order valence-corrected chi connectivity index (χ1v) is 12.1. The summed E-state index contributed by atoms with van der Waals surface area (Å²) >= 11 is 0. The molecular weight excluding hydrogens is 370 g/mol. The van der Waals surface area contributed by atoms with Crippen LogP contribution in [0.15, 0.2) is 42.6 Å². The van der Waals surface area contributed by atoms with Crippen LogP contribution in [-0.2, 0) is 11.2 Å². The molecular formula is C27H41NO2. The monoisotopic (exact) mass is 411 g/mol. The van der Waals surface area contributed by atoms with Gasteiger partial charge >= 0.3 is 0 Å². The van der Waals surface area contributed by atoms with E-state index in [-0.39, 0.29) is 0 Å². The average Bonchev–Trinajstić information content (AvgIpc) is 2.79. The summed E-state index contributed by atoms with van der Waals surface area (Å²) in [6, 6.07) is 12.9. The number of hydrogen-bond acceptors (Lipinski definition) is 3. The van der Waals surface area contributed by atoms with Gasteiger partial charge in [-0.1, -0.05) is 76.6 Å². The second-order valence-electron chi connectivity index (χ2n) is 8.12. The zero-order chi connectivity index (χ0) is 21.3. The Morgan fingerprint density at radius 2 is 1.37 bits per heavy atom. The number of hydrogen-bond donors (Lipinski definition) is 0. The maximum atomic E-state index is 5.80. The molecule has 0 N–H and O–H groups in total. The first-order valence-electron chi connectivity index (χ1n) is 12.1. The normalized spacial score (nSPS) is 11.0. The summed E-state index contributed by atoms with van der Waals surface area (Å²) in [5.74, 6) is 0.838. The number of nitrogens with zero attached hydrogens (tertiary/aromatic N) is 1. The van der Waals surface area contributed by atoms with Crippen LogP contribution in [0.5, 0.6) is 5.75 Å². The molecule has 0 aliphatic carbocycles. The molecule has 0 aliphatic rings. The molecule has 3 heteroatoms. The molecule has 1 aromatic carbocycles. The molecule has 0 fully saturated rings. The van der Waals surface area contributed by atoms with Crippen LogP contribution in [0.4, 0.5) is 0 Å². The van der Waals surface area contributed by atoms with Gasteiger partial charge in [0.2, 0.25) is 0 Å². The topological polar surface area (TPSA) is 31.4 Å². The van der Waals surface area contributed by atoms with Crippen molar-refractivity contribution in [2.75, 3.05) is 19.8 Å². The molecule has 0 aliphatic heterocycles. The van der Waals surface area contributed by atoms with Gasteiger partial charge in [-0.25, -0.2) is 0 Å².